The van der Waals surface area contributed by atoms with Gasteiger partial charge in [-0.2, -0.15) is 5.26 Å². The van der Waals surface area contributed by atoms with Gasteiger partial charge in [0.25, 0.3) is 17.3 Å². The molecule has 0 saturated heterocycles. The highest BCUT2D eigenvalue weighted by atomic mass is 127. The van der Waals surface area contributed by atoms with Crippen LogP contribution in [0.2, 0.25) is 0 Å². The fourth-order valence-electron chi connectivity index (χ4n) is 3.15. The Kier molecular flexibility index (Phi) is 9.11. The maximum absolute atomic E-state index is 12.6. The fourth-order valence-corrected chi connectivity index (χ4v) is 3.94. The van der Waals surface area contributed by atoms with Gasteiger partial charge in [-0.15, -0.1) is 0 Å². The molecule has 0 unspecified atom stereocenters. The van der Waals surface area contributed by atoms with E-state index in [1.165, 1.54) is 42.5 Å². The number of benzene rings is 3. The average Bonchev–Trinajstić information content (AvgIpc) is 2.87. The summed E-state index contributed by atoms with van der Waals surface area (Å²) < 4.78 is 12.3. The van der Waals surface area contributed by atoms with Gasteiger partial charge >= 0.3 is 0 Å². The normalized spacial score (nSPS) is 10.8. The molecule has 188 valence electrons. The van der Waals surface area contributed by atoms with Crippen molar-refractivity contribution in [2.45, 2.75) is 13.5 Å². The van der Waals surface area contributed by atoms with Crippen molar-refractivity contribution in [1.82, 2.24) is 0 Å². The fraction of sp³-hybridized carbons (Fsp3) is 0.120. The largest absolute Gasteiger partial charge is 0.490 e. The summed E-state index contributed by atoms with van der Waals surface area (Å²) in [6.45, 7) is 2.26. The van der Waals surface area contributed by atoms with Gasteiger partial charge in [0.2, 0.25) is 0 Å². The van der Waals surface area contributed by atoms with E-state index >= 15 is 0 Å². The minimum atomic E-state index is -0.727. The molecule has 3 aromatic carbocycles. The minimum Gasteiger partial charge on any atom is -0.490 e. The van der Waals surface area contributed by atoms with Crippen LogP contribution in [0.1, 0.15) is 18.1 Å². The molecule has 11 nitrogen and oxygen atoms in total. The van der Waals surface area contributed by atoms with Crippen molar-refractivity contribution in [2.24, 2.45) is 0 Å². The predicted molar refractivity (Wildman–Crippen MR) is 143 cm³/mol. The Labute approximate surface area is 224 Å². The van der Waals surface area contributed by atoms with Crippen LogP contribution in [0, 0.1) is 35.1 Å². The molecule has 1 amide bonds. The van der Waals surface area contributed by atoms with E-state index in [2.05, 4.69) is 5.32 Å². The molecule has 0 bridgehead atoms. The Bertz CT molecular complexity index is 1420. The van der Waals surface area contributed by atoms with Gasteiger partial charge in [-0.05, 0) is 77.0 Å². The first-order chi connectivity index (χ1) is 17.7. The van der Waals surface area contributed by atoms with Crippen molar-refractivity contribution in [3.05, 3.63) is 101 Å². The van der Waals surface area contributed by atoms with Crippen LogP contribution in [0.4, 0.5) is 17.1 Å². The van der Waals surface area contributed by atoms with Gasteiger partial charge < -0.3 is 14.8 Å². The van der Waals surface area contributed by atoms with Gasteiger partial charge in [0, 0.05) is 30.0 Å². The van der Waals surface area contributed by atoms with Crippen molar-refractivity contribution in [2.75, 3.05) is 11.9 Å². The topological polar surface area (TPSA) is 158 Å². The van der Waals surface area contributed by atoms with E-state index in [-0.39, 0.29) is 29.2 Å². The van der Waals surface area contributed by atoms with E-state index in [0.717, 1.165) is 5.56 Å². The lowest BCUT2D eigenvalue weighted by atomic mass is 10.1. The number of carbonyl (C=O) groups excluding carboxylic acids is 1. The SMILES string of the molecule is CCOc1cc(/C=C(/C#N)C(=O)Nc2cccc([N+](=O)[O-])c2)cc(I)c1OCc1ccc([N+](=O)[O-])cc1. The van der Waals surface area contributed by atoms with Gasteiger partial charge in [-0.1, -0.05) is 6.07 Å². The molecule has 0 aliphatic heterocycles. The summed E-state index contributed by atoms with van der Waals surface area (Å²) in [4.78, 5) is 33.4. The molecule has 0 saturated carbocycles. The summed E-state index contributed by atoms with van der Waals surface area (Å²) in [5.41, 5.74) is 0.968. The number of halogens is 1. The van der Waals surface area contributed by atoms with Crippen LogP contribution in [0.25, 0.3) is 6.08 Å². The highest BCUT2D eigenvalue weighted by Crippen LogP contribution is 2.35. The number of rotatable bonds is 10. The molecule has 0 aromatic heterocycles. The lowest BCUT2D eigenvalue weighted by Crippen LogP contribution is -2.13. The zero-order valence-corrected chi connectivity index (χ0v) is 21.5. The number of hydrogen-bond acceptors (Lipinski definition) is 8. The third-order valence-corrected chi connectivity index (χ3v) is 5.65. The molecule has 37 heavy (non-hydrogen) atoms. The average molecular weight is 614 g/mol. The molecule has 0 spiro atoms. The van der Waals surface area contributed by atoms with Gasteiger partial charge in [0.15, 0.2) is 11.5 Å². The van der Waals surface area contributed by atoms with Crippen LogP contribution >= 0.6 is 22.6 Å². The Morgan fingerprint density at radius 3 is 2.38 bits per heavy atom. The molecule has 12 heteroatoms. The second-order valence-corrected chi connectivity index (χ2v) is 8.57. The number of anilines is 1. The highest BCUT2D eigenvalue weighted by molar-refractivity contribution is 14.1. The zero-order valence-electron chi connectivity index (χ0n) is 19.3. The quantitative estimate of drug-likeness (QED) is 0.101. The monoisotopic (exact) mass is 614 g/mol. The highest BCUT2D eigenvalue weighted by Gasteiger charge is 2.16. The molecular weight excluding hydrogens is 595 g/mol. The molecule has 0 aliphatic carbocycles. The van der Waals surface area contributed by atoms with Crippen molar-refractivity contribution < 1.29 is 24.1 Å². The Morgan fingerprint density at radius 1 is 1.05 bits per heavy atom. The van der Waals surface area contributed by atoms with Crippen LogP contribution < -0.4 is 14.8 Å². The summed E-state index contributed by atoms with van der Waals surface area (Å²) in [6, 6.07) is 16.5. The third kappa shape index (κ3) is 7.24. The predicted octanol–water partition coefficient (Wildman–Crippen LogP) is 5.63. The van der Waals surface area contributed by atoms with E-state index < -0.39 is 15.8 Å². The maximum atomic E-state index is 12.6. The summed E-state index contributed by atoms with van der Waals surface area (Å²) >= 11 is 2.04. The number of nitriles is 1. The maximum Gasteiger partial charge on any atom is 0.271 e. The van der Waals surface area contributed by atoms with Crippen LogP contribution in [-0.4, -0.2) is 22.4 Å². The van der Waals surface area contributed by atoms with Crippen LogP contribution in [-0.2, 0) is 11.4 Å². The summed E-state index contributed by atoms with van der Waals surface area (Å²) in [5.74, 6) is 0.103. The molecular formula is C25H19IN4O7. The Balaban J connectivity index is 1.82. The first-order valence-corrected chi connectivity index (χ1v) is 11.8. The smallest absolute Gasteiger partial charge is 0.271 e. The van der Waals surface area contributed by atoms with Crippen molar-refractivity contribution in [3.63, 3.8) is 0 Å². The standard InChI is InChI=1S/C25H19IN4O7/c1-2-36-23-12-17(10-18(14-27)25(31)28-19-4-3-5-21(13-19)30(34)35)11-22(26)24(23)37-15-16-6-8-20(9-7-16)29(32)33/h3-13H,2,15H2,1H3,(H,28,31)/b18-10-. The van der Waals surface area contributed by atoms with E-state index in [0.29, 0.717) is 27.2 Å². The molecule has 1 N–H and O–H groups in total. The number of non-ortho nitro benzene ring substituents is 2. The first-order valence-electron chi connectivity index (χ1n) is 10.7. The molecule has 0 fully saturated rings. The number of nitro benzene ring substituents is 2. The zero-order chi connectivity index (χ0) is 26.9. The van der Waals surface area contributed by atoms with E-state index in [9.17, 15) is 30.3 Å². The van der Waals surface area contributed by atoms with E-state index in [1.807, 2.05) is 28.7 Å². The van der Waals surface area contributed by atoms with E-state index in [1.54, 1.807) is 31.2 Å². The number of nitro groups is 2. The van der Waals surface area contributed by atoms with Gasteiger partial charge in [0.05, 0.1) is 20.0 Å². The summed E-state index contributed by atoms with van der Waals surface area (Å²) in [5, 5.41) is 33.8. The number of amides is 1. The number of hydrogen-bond donors (Lipinski definition) is 1. The number of nitrogens with one attached hydrogen (secondary N) is 1. The van der Waals surface area contributed by atoms with Crippen molar-refractivity contribution in [3.8, 4) is 17.6 Å². The minimum absolute atomic E-state index is 0.0210. The lowest BCUT2D eigenvalue weighted by molar-refractivity contribution is -0.385. The first kappa shape index (κ1) is 27.1. The summed E-state index contributed by atoms with van der Waals surface area (Å²) in [6.07, 6.45) is 1.37. The number of carbonyl (C=O) groups is 1. The Hall–Kier alpha value is -4.51. The second kappa shape index (κ2) is 12.5. The second-order valence-electron chi connectivity index (χ2n) is 7.41. The molecule has 0 radical (unpaired) electrons. The lowest BCUT2D eigenvalue weighted by Gasteiger charge is -2.15. The Morgan fingerprint density at radius 2 is 1.76 bits per heavy atom. The molecule has 3 rings (SSSR count). The van der Waals surface area contributed by atoms with Crippen molar-refractivity contribution in [1.29, 1.82) is 5.26 Å². The van der Waals surface area contributed by atoms with Crippen LogP contribution in [0.15, 0.2) is 66.2 Å². The molecule has 3 aromatic rings. The van der Waals surface area contributed by atoms with Gasteiger partial charge in [0.1, 0.15) is 18.2 Å². The third-order valence-electron chi connectivity index (χ3n) is 4.85. The van der Waals surface area contributed by atoms with E-state index in [4.69, 9.17) is 9.47 Å². The summed E-state index contributed by atoms with van der Waals surface area (Å²) in [7, 11) is 0. The molecule has 0 atom stereocenters. The number of nitrogens with zero attached hydrogens (tertiary/aromatic N) is 3. The van der Waals surface area contributed by atoms with Gasteiger partial charge in [-0.25, -0.2) is 0 Å². The van der Waals surface area contributed by atoms with Crippen LogP contribution in [0.5, 0.6) is 11.5 Å². The van der Waals surface area contributed by atoms with Crippen LogP contribution in [0.3, 0.4) is 0 Å². The van der Waals surface area contributed by atoms with Crippen molar-refractivity contribution >= 4 is 51.6 Å². The number of ether oxygens (including phenoxy) is 2. The van der Waals surface area contributed by atoms with Gasteiger partial charge in [-0.3, -0.25) is 25.0 Å². The molecule has 0 heterocycles. The molecule has 0 aliphatic rings.